The Morgan fingerprint density at radius 1 is 1.04 bits per heavy atom. The van der Waals surface area contributed by atoms with E-state index < -0.39 is 11.9 Å². The molecule has 0 aromatic carbocycles. The first kappa shape index (κ1) is 27.6. The van der Waals surface area contributed by atoms with Crippen molar-refractivity contribution < 1.29 is 70.3 Å². The number of esters is 1. The van der Waals surface area contributed by atoms with E-state index in [1.807, 2.05) is 0 Å². The van der Waals surface area contributed by atoms with Crippen molar-refractivity contribution in [3.8, 4) is 11.5 Å². The molecular weight excluding hydrogens is 349 g/mol. The first-order valence-corrected chi connectivity index (χ1v) is 5.80. The summed E-state index contributed by atoms with van der Waals surface area (Å²) in [7, 11) is 1.25. The van der Waals surface area contributed by atoms with Crippen molar-refractivity contribution in [3.05, 3.63) is 48.0 Å². The summed E-state index contributed by atoms with van der Waals surface area (Å²) in [5.74, 6) is -1.76. The first-order valence-electron chi connectivity index (χ1n) is 5.80. The van der Waals surface area contributed by atoms with Crippen LogP contribution in [0, 0.1) is 0 Å². The molecule has 0 radical (unpaired) electrons. The number of pyridine rings is 2. The van der Waals surface area contributed by atoms with E-state index >= 15 is 0 Å². The quantitative estimate of drug-likeness (QED) is 0.180. The standard InChI is InChI=1S/C7H7NO3.C6H6N2O3.Na.2H2O/c1-11-7(10)5-2-3-8-4-6(5)9;9-5-3-7-2-1-4(5)6(10)8-11;;;/h2-4,9H,1H3;1-3,9,11H,(H,8,10);;2*1H2/q;;+1;;/p-1. The van der Waals surface area contributed by atoms with Crippen LogP contribution in [0.1, 0.15) is 20.7 Å². The summed E-state index contributed by atoms with van der Waals surface area (Å²) in [6.45, 7) is 0. The van der Waals surface area contributed by atoms with E-state index in [9.17, 15) is 9.59 Å². The first-order chi connectivity index (χ1) is 10.5. The summed E-state index contributed by atoms with van der Waals surface area (Å²) in [6, 6.07) is 2.68. The molecular formula is C13H16N3NaO8. The van der Waals surface area contributed by atoms with Gasteiger partial charge in [0.25, 0.3) is 5.91 Å². The third kappa shape index (κ3) is 8.39. The number of nitrogens with zero attached hydrogens (tertiary/aromatic N) is 2. The van der Waals surface area contributed by atoms with Gasteiger partial charge in [-0.15, -0.1) is 0 Å². The van der Waals surface area contributed by atoms with E-state index in [1.165, 1.54) is 43.3 Å². The van der Waals surface area contributed by atoms with Gasteiger partial charge in [0.2, 0.25) is 0 Å². The van der Waals surface area contributed by atoms with Crippen LogP contribution in [0.4, 0.5) is 0 Å². The zero-order valence-corrected chi connectivity index (χ0v) is 15.4. The van der Waals surface area contributed by atoms with E-state index in [4.69, 9.17) is 15.4 Å². The van der Waals surface area contributed by atoms with Crippen LogP contribution in [-0.2, 0) is 4.74 Å². The van der Waals surface area contributed by atoms with Crippen LogP contribution < -0.4 is 35.0 Å². The number of methoxy groups -OCH3 is 1. The van der Waals surface area contributed by atoms with Crippen LogP contribution in [0.25, 0.3) is 0 Å². The number of nitrogens with one attached hydrogen (secondary N) is 1. The maximum Gasteiger partial charge on any atom is 1.00 e. The van der Waals surface area contributed by atoms with E-state index in [1.54, 1.807) is 0 Å². The second-order valence-electron chi connectivity index (χ2n) is 3.72. The molecule has 7 N–H and O–H groups in total. The van der Waals surface area contributed by atoms with Crippen molar-refractivity contribution in [2.45, 2.75) is 0 Å². The van der Waals surface area contributed by atoms with Gasteiger partial charge in [0.15, 0.2) is 0 Å². The number of aromatic nitrogens is 2. The molecule has 0 aliphatic rings. The average molecular weight is 365 g/mol. The zero-order valence-electron chi connectivity index (χ0n) is 13.4. The Hall–Kier alpha value is -2.28. The van der Waals surface area contributed by atoms with Crippen LogP contribution in [-0.4, -0.2) is 55.3 Å². The molecule has 25 heavy (non-hydrogen) atoms. The topological polar surface area (TPSA) is 203 Å². The fourth-order valence-corrected chi connectivity index (χ4v) is 1.31. The van der Waals surface area contributed by atoms with Crippen LogP contribution in [0.2, 0.25) is 0 Å². The molecule has 0 saturated carbocycles. The largest absolute Gasteiger partial charge is 1.00 e. The number of hydrogen-bond acceptors (Lipinski definition) is 9. The predicted octanol–water partition coefficient (Wildman–Crippen LogP) is -3.52. The van der Waals surface area contributed by atoms with Gasteiger partial charge < -0.3 is 25.9 Å². The monoisotopic (exact) mass is 365 g/mol. The Balaban J connectivity index is -0.000000346. The molecule has 0 saturated heterocycles. The van der Waals surface area contributed by atoms with Crippen LogP contribution in [0.15, 0.2) is 36.9 Å². The van der Waals surface area contributed by atoms with Gasteiger partial charge in [-0.25, -0.2) is 10.3 Å². The summed E-state index contributed by atoms with van der Waals surface area (Å²) in [5.41, 5.74) is 1.51. The molecule has 0 fully saturated rings. The number of rotatable bonds is 2. The summed E-state index contributed by atoms with van der Waals surface area (Å²) in [5, 5.41) is 26.2. The molecule has 0 spiro atoms. The van der Waals surface area contributed by atoms with Gasteiger partial charge in [-0.05, 0) is 12.1 Å². The van der Waals surface area contributed by atoms with Crippen LogP contribution in [0.3, 0.4) is 0 Å². The molecule has 2 heterocycles. The summed E-state index contributed by atoms with van der Waals surface area (Å²) >= 11 is 0. The van der Waals surface area contributed by atoms with Crippen molar-refractivity contribution in [1.82, 2.24) is 15.4 Å². The Kier molecular flexibility index (Phi) is 15.5. The molecule has 0 unspecified atom stereocenters. The Morgan fingerprint density at radius 3 is 1.84 bits per heavy atom. The van der Waals surface area contributed by atoms with Crippen LogP contribution in [0.5, 0.6) is 11.5 Å². The number of carbonyl (C=O) groups excluding carboxylic acids is 2. The Bertz CT molecular complexity index is 614. The maximum absolute atomic E-state index is 10.8. The minimum Gasteiger partial charge on any atom is -0.870 e. The zero-order chi connectivity index (χ0) is 16.5. The van der Waals surface area contributed by atoms with E-state index in [0.717, 1.165) is 6.20 Å². The molecule has 0 aliphatic carbocycles. The van der Waals surface area contributed by atoms with Crippen molar-refractivity contribution in [3.63, 3.8) is 0 Å². The van der Waals surface area contributed by atoms with Gasteiger partial charge in [-0.2, -0.15) is 0 Å². The summed E-state index contributed by atoms with van der Waals surface area (Å²) in [4.78, 5) is 28.7. The fourth-order valence-electron chi connectivity index (χ4n) is 1.31. The predicted molar refractivity (Wildman–Crippen MR) is 77.9 cm³/mol. The Labute approximate surface area is 164 Å². The van der Waals surface area contributed by atoms with Crippen molar-refractivity contribution in [1.29, 1.82) is 0 Å². The molecule has 11 nitrogen and oxygen atoms in total. The minimum atomic E-state index is -0.759. The Morgan fingerprint density at radius 2 is 1.48 bits per heavy atom. The van der Waals surface area contributed by atoms with Crippen LogP contribution >= 0.6 is 0 Å². The number of hydroxylamine groups is 1. The molecule has 132 valence electrons. The second kappa shape index (κ2) is 14.1. The SMILES string of the molecule is COC(=O)c1ccncc1O.O.O=C(NO)c1ccncc1O.[Na+].[OH-]. The van der Waals surface area contributed by atoms with E-state index in [0.29, 0.717) is 0 Å². The normalized spacial score (nSPS) is 8.08. The summed E-state index contributed by atoms with van der Waals surface area (Å²) < 4.78 is 4.39. The molecule has 0 aliphatic heterocycles. The molecule has 2 aromatic rings. The van der Waals surface area contributed by atoms with Gasteiger partial charge in [0.1, 0.15) is 17.1 Å². The van der Waals surface area contributed by atoms with Gasteiger partial charge in [0, 0.05) is 12.4 Å². The molecule has 2 rings (SSSR count). The molecule has 12 heteroatoms. The van der Waals surface area contributed by atoms with Gasteiger partial charge in [-0.3, -0.25) is 20.0 Å². The van der Waals surface area contributed by atoms with Crippen molar-refractivity contribution in [2.24, 2.45) is 0 Å². The van der Waals surface area contributed by atoms with Gasteiger partial charge >= 0.3 is 35.5 Å². The molecule has 0 bridgehead atoms. The third-order valence-corrected chi connectivity index (χ3v) is 2.35. The van der Waals surface area contributed by atoms with E-state index in [-0.39, 0.29) is 63.1 Å². The number of hydrogen-bond donors (Lipinski definition) is 4. The van der Waals surface area contributed by atoms with Gasteiger partial charge in [0.05, 0.1) is 25.1 Å². The van der Waals surface area contributed by atoms with Crippen molar-refractivity contribution in [2.75, 3.05) is 7.11 Å². The minimum absolute atomic E-state index is 0. The average Bonchev–Trinajstić information content (AvgIpc) is 2.55. The molecule has 1 amide bonds. The maximum atomic E-state index is 10.8. The summed E-state index contributed by atoms with van der Waals surface area (Å²) in [6.07, 6.45) is 5.05. The number of carbonyl (C=O) groups is 2. The van der Waals surface area contributed by atoms with Gasteiger partial charge in [-0.1, -0.05) is 0 Å². The second-order valence-corrected chi connectivity index (χ2v) is 3.72. The molecule has 0 atom stereocenters. The molecule has 2 aromatic heterocycles. The third-order valence-electron chi connectivity index (χ3n) is 2.35. The number of aromatic hydroxyl groups is 2. The van der Waals surface area contributed by atoms with E-state index in [2.05, 4.69) is 14.7 Å². The van der Waals surface area contributed by atoms with Crippen molar-refractivity contribution >= 4 is 11.9 Å². The number of ether oxygens (including phenoxy) is 1. The smallest absolute Gasteiger partial charge is 0.870 e. The fraction of sp³-hybridized carbons (Fsp3) is 0.0769. The number of amides is 1.